The van der Waals surface area contributed by atoms with Crippen LogP contribution >= 0.6 is 11.3 Å². The van der Waals surface area contributed by atoms with Crippen LogP contribution < -0.4 is 10.7 Å². The van der Waals surface area contributed by atoms with Gasteiger partial charge in [-0.25, -0.2) is 5.43 Å². The van der Waals surface area contributed by atoms with Gasteiger partial charge in [0, 0.05) is 73.9 Å². The molecule has 54 heavy (non-hydrogen) atoms. The average Bonchev–Trinajstić information content (AvgIpc) is 3.75. The third-order valence-electron chi connectivity index (χ3n) is 9.70. The first-order valence-electron chi connectivity index (χ1n) is 18.4. The minimum Gasteiger partial charge on any atom is -0.467 e. The predicted octanol–water partition coefficient (Wildman–Crippen LogP) is 4.40. The lowest BCUT2D eigenvalue weighted by Crippen LogP contribution is -2.58. The van der Waals surface area contributed by atoms with Gasteiger partial charge in [-0.3, -0.25) is 29.2 Å². The smallest absolute Gasteiger partial charge is 0.293 e. The summed E-state index contributed by atoms with van der Waals surface area (Å²) in [6, 6.07) is 8.57. The molecule has 4 heterocycles. The molecule has 0 radical (unpaired) electrons. The van der Waals surface area contributed by atoms with Crippen molar-refractivity contribution in [1.82, 2.24) is 40.4 Å². The Bertz CT molecular complexity index is 1930. The van der Waals surface area contributed by atoms with E-state index in [2.05, 4.69) is 69.5 Å². The topological polar surface area (TPSA) is 161 Å². The van der Waals surface area contributed by atoms with E-state index in [9.17, 15) is 19.2 Å². The van der Waals surface area contributed by atoms with Crippen LogP contribution in [-0.2, 0) is 54.6 Å². The molecule has 5 rings (SSSR count). The Morgan fingerprint density at radius 1 is 1.17 bits per heavy atom. The maximum atomic E-state index is 13.8. The molecule has 1 aliphatic heterocycles. The van der Waals surface area contributed by atoms with Gasteiger partial charge in [-0.2, -0.15) is 0 Å². The van der Waals surface area contributed by atoms with Gasteiger partial charge in [-0.1, -0.05) is 39.0 Å². The number of aromatic nitrogens is 4. The number of likely N-dealkylation sites (N-methyl/N-ethyl adjacent to an activating group) is 1. The highest BCUT2D eigenvalue weighted by Crippen LogP contribution is 2.41. The molecule has 0 saturated carbocycles. The van der Waals surface area contributed by atoms with Crippen LogP contribution in [0.4, 0.5) is 0 Å². The largest absolute Gasteiger partial charge is 0.467 e. The summed E-state index contributed by atoms with van der Waals surface area (Å²) in [5.41, 5.74) is 8.58. The van der Waals surface area contributed by atoms with Gasteiger partial charge < -0.3 is 24.3 Å². The van der Waals surface area contributed by atoms with Gasteiger partial charge in [0.25, 0.3) is 12.4 Å². The Morgan fingerprint density at radius 3 is 2.63 bits per heavy atom. The zero-order valence-electron chi connectivity index (χ0n) is 32.3. The van der Waals surface area contributed by atoms with E-state index in [1.54, 1.807) is 25.4 Å². The Morgan fingerprint density at radius 2 is 1.96 bits per heavy atom. The molecule has 1 aliphatic rings. The monoisotopic (exact) mass is 760 g/mol. The Labute approximate surface area is 320 Å². The number of hydrogen-bond donors (Lipinski definition) is 2. The fourth-order valence-electron chi connectivity index (χ4n) is 7.24. The number of nitrogens with zero attached hydrogens (tertiary/aromatic N) is 6. The number of ether oxygens (including phenoxy) is 2. The molecule has 3 aromatic heterocycles. The highest BCUT2D eigenvalue weighted by molar-refractivity contribution is 7.14. The summed E-state index contributed by atoms with van der Waals surface area (Å²) in [5, 5.41) is 15.9. The molecular weight excluding hydrogens is 709 g/mol. The van der Waals surface area contributed by atoms with Crippen LogP contribution in [0.1, 0.15) is 63.7 Å². The number of hydrogen-bond acceptors (Lipinski definition) is 11. The Balaban J connectivity index is 1.54. The molecule has 2 atom stereocenters. The average molecular weight is 761 g/mol. The summed E-state index contributed by atoms with van der Waals surface area (Å²) in [7, 11) is 3.22. The van der Waals surface area contributed by atoms with Gasteiger partial charge in [-0.15, -0.1) is 10.2 Å². The maximum absolute atomic E-state index is 13.8. The van der Waals surface area contributed by atoms with Crippen molar-refractivity contribution in [2.24, 2.45) is 11.3 Å². The van der Waals surface area contributed by atoms with Crippen LogP contribution in [0.25, 0.3) is 32.7 Å². The number of fused-ring (bicyclic) bond motifs is 1. The van der Waals surface area contributed by atoms with Crippen LogP contribution in [0.2, 0.25) is 0 Å². The number of hydrazine groups is 1. The predicted molar refractivity (Wildman–Crippen MR) is 207 cm³/mol. The fraction of sp³-hybridized carbons (Fsp3) is 0.513. The Hall–Kier alpha value is -4.73. The van der Waals surface area contributed by atoms with E-state index >= 15 is 0 Å². The first kappa shape index (κ1) is 40.5. The van der Waals surface area contributed by atoms with Crippen molar-refractivity contribution >= 4 is 46.9 Å². The fourth-order valence-corrected chi connectivity index (χ4v) is 8.12. The van der Waals surface area contributed by atoms with Gasteiger partial charge in [0.15, 0.2) is 0 Å². The van der Waals surface area contributed by atoms with Crippen molar-refractivity contribution in [3.8, 4) is 21.8 Å². The molecule has 2 unspecified atom stereocenters. The zero-order valence-corrected chi connectivity index (χ0v) is 33.1. The van der Waals surface area contributed by atoms with Crippen LogP contribution in [0.5, 0.6) is 0 Å². The highest BCUT2D eigenvalue weighted by atomic mass is 32.1. The number of methoxy groups -OCH3 is 1. The lowest BCUT2D eigenvalue weighted by molar-refractivity contribution is -0.142. The summed E-state index contributed by atoms with van der Waals surface area (Å²) in [6.45, 7) is 13.0. The minimum atomic E-state index is -0.919. The number of rotatable bonds is 18. The summed E-state index contributed by atoms with van der Waals surface area (Å²) in [6.07, 6.45) is 4.94. The normalized spacial score (nSPS) is 14.6. The van der Waals surface area contributed by atoms with E-state index in [1.165, 1.54) is 16.2 Å². The molecule has 0 aliphatic carbocycles. The van der Waals surface area contributed by atoms with Gasteiger partial charge in [0.2, 0.25) is 12.3 Å². The second kappa shape index (κ2) is 18.1. The SMILES string of the molecule is CCn1c(-c2cccnc2COC)c(CC(C)(C)COC=O)c2cc(-c3nnc(CC(NC(=O)C(C(C)C)N(C)C=O)C(=O)N4CCCCN4)s3)ccc21. The second-order valence-corrected chi connectivity index (χ2v) is 15.9. The maximum Gasteiger partial charge on any atom is 0.293 e. The molecule has 1 aromatic carbocycles. The number of aryl methyl sites for hydroxylation is 1. The lowest BCUT2D eigenvalue weighted by atomic mass is 9.84. The van der Waals surface area contributed by atoms with Gasteiger partial charge in [0.1, 0.15) is 22.1 Å². The molecule has 2 N–H and O–H groups in total. The molecule has 1 fully saturated rings. The van der Waals surface area contributed by atoms with E-state index in [0.717, 1.165) is 51.8 Å². The highest BCUT2D eigenvalue weighted by Gasteiger charge is 2.34. The molecule has 14 nitrogen and oxygen atoms in total. The molecule has 3 amide bonds. The molecule has 15 heteroatoms. The van der Waals surface area contributed by atoms with Crippen molar-refractivity contribution < 1.29 is 28.7 Å². The van der Waals surface area contributed by atoms with Crippen molar-refractivity contribution in [1.29, 1.82) is 0 Å². The van der Waals surface area contributed by atoms with Crippen LogP contribution in [-0.4, -0.2) is 100 Å². The summed E-state index contributed by atoms with van der Waals surface area (Å²) < 4.78 is 13.1. The number of benzene rings is 1. The summed E-state index contributed by atoms with van der Waals surface area (Å²) in [4.78, 5) is 56.2. The molecule has 1 saturated heterocycles. The molecule has 0 spiro atoms. The van der Waals surface area contributed by atoms with Crippen LogP contribution in [0.3, 0.4) is 0 Å². The van der Waals surface area contributed by atoms with Crippen molar-refractivity contribution in [3.05, 3.63) is 52.8 Å². The number of amides is 3. The van der Waals surface area contributed by atoms with Crippen molar-refractivity contribution in [2.75, 3.05) is 33.9 Å². The third kappa shape index (κ3) is 9.13. The number of carbonyl (C=O) groups excluding carboxylic acids is 4. The molecule has 4 aromatic rings. The quantitative estimate of drug-likeness (QED) is 0.139. The first-order valence-corrected chi connectivity index (χ1v) is 19.2. The van der Waals surface area contributed by atoms with Crippen LogP contribution in [0, 0.1) is 11.3 Å². The molecular formula is C39H52N8O6S. The van der Waals surface area contributed by atoms with Gasteiger partial charge >= 0.3 is 0 Å². The minimum absolute atomic E-state index is 0.133. The summed E-state index contributed by atoms with van der Waals surface area (Å²) in [5.74, 6) is -0.842. The standard InChI is InChI=1S/C39H52N8O6S/c1-8-46-32-14-13-26(18-28(32)29(20-39(4,5)22-53-24-49)35(46)27-12-11-15-40-31(27)21-52-7)37-44-43-33(54-37)19-30(38(51)47-17-10-9-16-41-47)42-36(50)34(25(2)3)45(6)23-48/h11-15,18,23-25,30,34,41H,8-10,16-17,19-22H2,1-7H3,(H,42,50). The number of carbonyl (C=O) groups is 4. The zero-order chi connectivity index (χ0) is 39.0. The second-order valence-electron chi connectivity index (χ2n) is 14.8. The van der Waals surface area contributed by atoms with Gasteiger partial charge in [0.05, 0.1) is 24.6 Å². The third-order valence-corrected chi connectivity index (χ3v) is 10.7. The van der Waals surface area contributed by atoms with Gasteiger partial charge in [-0.05, 0) is 68.0 Å². The Kier molecular flexibility index (Phi) is 13.5. The summed E-state index contributed by atoms with van der Waals surface area (Å²) >= 11 is 1.37. The van der Waals surface area contributed by atoms with E-state index < -0.39 is 18.0 Å². The van der Waals surface area contributed by atoms with E-state index in [4.69, 9.17) is 9.47 Å². The van der Waals surface area contributed by atoms with E-state index in [-0.39, 0.29) is 30.3 Å². The van der Waals surface area contributed by atoms with Crippen molar-refractivity contribution in [2.45, 2.75) is 85.5 Å². The lowest BCUT2D eigenvalue weighted by Gasteiger charge is -2.33. The first-order chi connectivity index (χ1) is 25.9. The van der Waals surface area contributed by atoms with Crippen LogP contribution in [0.15, 0.2) is 36.5 Å². The van der Waals surface area contributed by atoms with Crippen molar-refractivity contribution in [3.63, 3.8) is 0 Å². The number of nitrogens with one attached hydrogen (secondary N) is 2. The molecule has 0 bridgehead atoms. The number of pyridine rings is 1. The van der Waals surface area contributed by atoms with E-state index in [0.29, 0.717) is 55.6 Å². The van der Waals surface area contributed by atoms with E-state index in [1.807, 2.05) is 26.0 Å². The molecule has 290 valence electrons.